The summed E-state index contributed by atoms with van der Waals surface area (Å²) in [6, 6.07) is 0.564. The van der Waals surface area contributed by atoms with Gasteiger partial charge in [-0.15, -0.1) is 0 Å². The molecular weight excluding hydrogens is 246 g/mol. The van der Waals surface area contributed by atoms with Crippen molar-refractivity contribution in [3.8, 4) is 0 Å². The third kappa shape index (κ3) is 14.0. The molecule has 0 amide bonds. The Morgan fingerprint density at radius 2 is 1.16 bits per heavy atom. The maximum atomic E-state index is 5.49. The van der Waals surface area contributed by atoms with Crippen LogP contribution in [0.5, 0.6) is 0 Å². The van der Waals surface area contributed by atoms with Crippen molar-refractivity contribution < 1.29 is 18.9 Å². The Morgan fingerprint density at radius 3 is 1.58 bits per heavy atom. The summed E-state index contributed by atoms with van der Waals surface area (Å²) in [6.45, 7) is 12.6. The van der Waals surface area contributed by atoms with Gasteiger partial charge in [0.1, 0.15) is 0 Å². The Morgan fingerprint density at radius 1 is 0.737 bits per heavy atom. The van der Waals surface area contributed by atoms with Gasteiger partial charge in [0, 0.05) is 19.2 Å². The summed E-state index contributed by atoms with van der Waals surface area (Å²) < 4.78 is 21.4. The Kier molecular flexibility index (Phi) is 14.1. The molecule has 0 fully saturated rings. The predicted octanol–water partition coefficient (Wildman–Crippen LogP) is 1.41. The van der Waals surface area contributed by atoms with E-state index in [0.717, 1.165) is 19.8 Å². The van der Waals surface area contributed by atoms with Crippen molar-refractivity contribution in [2.24, 2.45) is 0 Å². The van der Waals surface area contributed by atoms with E-state index in [0.29, 0.717) is 45.7 Å². The summed E-state index contributed by atoms with van der Waals surface area (Å²) in [5, 5.41) is 0. The van der Waals surface area contributed by atoms with Crippen molar-refractivity contribution in [3.63, 3.8) is 0 Å². The molecule has 0 aliphatic rings. The van der Waals surface area contributed by atoms with Crippen LogP contribution in [0.4, 0.5) is 0 Å². The van der Waals surface area contributed by atoms with Crippen LogP contribution < -0.4 is 0 Å². The fourth-order valence-corrected chi connectivity index (χ4v) is 1.27. The third-order valence-electron chi connectivity index (χ3n) is 2.79. The van der Waals surface area contributed by atoms with Crippen LogP contribution in [0.15, 0.2) is 0 Å². The Labute approximate surface area is 118 Å². The van der Waals surface area contributed by atoms with Gasteiger partial charge in [-0.3, -0.25) is 0 Å². The lowest BCUT2D eigenvalue weighted by atomic mass is 10.3. The molecule has 19 heavy (non-hydrogen) atoms. The highest BCUT2D eigenvalue weighted by molar-refractivity contribution is 4.55. The first-order valence-corrected chi connectivity index (χ1v) is 7.19. The van der Waals surface area contributed by atoms with Gasteiger partial charge < -0.3 is 23.8 Å². The van der Waals surface area contributed by atoms with Crippen LogP contribution in [0.2, 0.25) is 0 Å². The van der Waals surface area contributed by atoms with Crippen molar-refractivity contribution in [1.82, 2.24) is 4.90 Å². The second-order valence-corrected chi connectivity index (χ2v) is 4.61. The van der Waals surface area contributed by atoms with E-state index < -0.39 is 0 Å². The van der Waals surface area contributed by atoms with Gasteiger partial charge >= 0.3 is 0 Å². The number of rotatable bonds is 14. The molecule has 0 N–H and O–H groups in total. The lowest BCUT2D eigenvalue weighted by molar-refractivity contribution is -0.00269. The second-order valence-electron chi connectivity index (χ2n) is 4.61. The van der Waals surface area contributed by atoms with E-state index in [1.807, 2.05) is 6.92 Å². The van der Waals surface area contributed by atoms with Gasteiger partial charge in [0.15, 0.2) is 0 Å². The minimum absolute atomic E-state index is 0.564. The van der Waals surface area contributed by atoms with E-state index in [-0.39, 0.29) is 0 Å². The molecule has 0 radical (unpaired) electrons. The summed E-state index contributed by atoms with van der Waals surface area (Å²) in [4.78, 5) is 2.26. The van der Waals surface area contributed by atoms with Gasteiger partial charge in [0.05, 0.1) is 46.2 Å². The fraction of sp³-hybridized carbons (Fsp3) is 1.00. The first-order valence-electron chi connectivity index (χ1n) is 7.19. The Balaban J connectivity index is 3.03. The smallest absolute Gasteiger partial charge is 0.0701 e. The largest absolute Gasteiger partial charge is 0.379 e. The van der Waals surface area contributed by atoms with Crippen molar-refractivity contribution in [2.45, 2.75) is 26.8 Å². The average molecular weight is 277 g/mol. The van der Waals surface area contributed by atoms with Gasteiger partial charge in [0.25, 0.3) is 0 Å². The SMILES string of the molecule is CCOCCOCCOCCOCCN(C)C(C)C. The van der Waals surface area contributed by atoms with Gasteiger partial charge in [0.2, 0.25) is 0 Å². The first-order chi connectivity index (χ1) is 9.18. The van der Waals surface area contributed by atoms with Crippen LogP contribution in [0.3, 0.4) is 0 Å². The number of likely N-dealkylation sites (N-methyl/N-ethyl adjacent to an activating group) is 1. The molecule has 0 aliphatic carbocycles. The zero-order chi connectivity index (χ0) is 14.3. The summed E-state index contributed by atoms with van der Waals surface area (Å²) in [6.07, 6.45) is 0. The molecule has 5 nitrogen and oxygen atoms in total. The highest BCUT2D eigenvalue weighted by atomic mass is 16.6. The lowest BCUT2D eigenvalue weighted by Gasteiger charge is -2.20. The van der Waals surface area contributed by atoms with E-state index in [1.54, 1.807) is 0 Å². The summed E-state index contributed by atoms with van der Waals surface area (Å²) in [5.41, 5.74) is 0. The maximum absolute atomic E-state index is 5.49. The van der Waals surface area contributed by atoms with Gasteiger partial charge in [-0.1, -0.05) is 0 Å². The topological polar surface area (TPSA) is 40.2 Å². The van der Waals surface area contributed by atoms with Crippen LogP contribution in [-0.2, 0) is 18.9 Å². The number of hydrogen-bond donors (Lipinski definition) is 0. The molecule has 0 saturated heterocycles. The number of ether oxygens (including phenoxy) is 4. The summed E-state index contributed by atoms with van der Waals surface area (Å²) in [7, 11) is 2.10. The quantitative estimate of drug-likeness (QED) is 0.449. The molecule has 5 heteroatoms. The van der Waals surface area contributed by atoms with Crippen molar-refractivity contribution >= 4 is 0 Å². The van der Waals surface area contributed by atoms with Crippen molar-refractivity contribution in [2.75, 3.05) is 66.4 Å². The number of hydrogen-bond acceptors (Lipinski definition) is 5. The van der Waals surface area contributed by atoms with Crippen LogP contribution in [0, 0.1) is 0 Å². The van der Waals surface area contributed by atoms with Crippen LogP contribution >= 0.6 is 0 Å². The molecule has 116 valence electrons. The fourth-order valence-electron chi connectivity index (χ4n) is 1.27. The zero-order valence-electron chi connectivity index (χ0n) is 13.0. The highest BCUT2D eigenvalue weighted by Crippen LogP contribution is 1.92. The first kappa shape index (κ1) is 18.8. The Bertz CT molecular complexity index is 179. The standard InChI is InChI=1S/C14H31NO4/c1-5-16-8-9-18-12-13-19-11-10-17-7-6-15(4)14(2)3/h14H,5-13H2,1-4H3. The molecule has 0 aromatic heterocycles. The molecule has 0 aromatic rings. The van der Waals surface area contributed by atoms with Gasteiger partial charge in [-0.25, -0.2) is 0 Å². The molecule has 0 aliphatic heterocycles. The van der Waals surface area contributed by atoms with Crippen LogP contribution in [-0.4, -0.2) is 77.4 Å². The van der Waals surface area contributed by atoms with E-state index in [4.69, 9.17) is 18.9 Å². The second kappa shape index (κ2) is 14.2. The Hall–Kier alpha value is -0.200. The molecule has 0 atom stereocenters. The van der Waals surface area contributed by atoms with Gasteiger partial charge in [-0.2, -0.15) is 0 Å². The van der Waals surface area contributed by atoms with E-state index >= 15 is 0 Å². The van der Waals surface area contributed by atoms with Crippen molar-refractivity contribution in [3.05, 3.63) is 0 Å². The molecule has 0 spiro atoms. The van der Waals surface area contributed by atoms with Crippen LogP contribution in [0.25, 0.3) is 0 Å². The molecule has 0 saturated carbocycles. The highest BCUT2D eigenvalue weighted by Gasteiger charge is 2.01. The molecule has 0 bridgehead atoms. The molecule has 0 rings (SSSR count). The normalized spacial score (nSPS) is 11.7. The minimum Gasteiger partial charge on any atom is -0.379 e. The summed E-state index contributed by atoms with van der Waals surface area (Å²) in [5.74, 6) is 0. The lowest BCUT2D eigenvalue weighted by Crippen LogP contribution is -2.30. The average Bonchev–Trinajstić information content (AvgIpc) is 2.39. The van der Waals surface area contributed by atoms with E-state index in [2.05, 4.69) is 25.8 Å². The molecular formula is C14H31NO4. The molecule has 0 heterocycles. The molecule has 0 aromatic carbocycles. The van der Waals surface area contributed by atoms with E-state index in [9.17, 15) is 0 Å². The minimum atomic E-state index is 0.564. The predicted molar refractivity (Wildman–Crippen MR) is 76.7 cm³/mol. The maximum Gasteiger partial charge on any atom is 0.0701 e. The monoisotopic (exact) mass is 277 g/mol. The molecule has 0 unspecified atom stereocenters. The third-order valence-corrected chi connectivity index (χ3v) is 2.79. The zero-order valence-corrected chi connectivity index (χ0v) is 13.0. The summed E-state index contributed by atoms with van der Waals surface area (Å²) >= 11 is 0. The van der Waals surface area contributed by atoms with Gasteiger partial charge in [-0.05, 0) is 27.8 Å². The van der Waals surface area contributed by atoms with Crippen molar-refractivity contribution in [1.29, 1.82) is 0 Å². The van der Waals surface area contributed by atoms with E-state index in [1.165, 1.54) is 0 Å². The van der Waals surface area contributed by atoms with Crippen LogP contribution in [0.1, 0.15) is 20.8 Å². The number of nitrogens with zero attached hydrogens (tertiary/aromatic N) is 1.